The third-order valence-electron chi connectivity index (χ3n) is 4.03. The first-order chi connectivity index (χ1) is 14.2. The molecule has 0 saturated heterocycles. The molecule has 1 aliphatic heterocycles. The van der Waals surface area contributed by atoms with Crippen molar-refractivity contribution in [1.29, 1.82) is 0 Å². The number of benzene rings is 1. The molecule has 3 heterocycles. The van der Waals surface area contributed by atoms with Crippen LogP contribution in [0.5, 0.6) is 11.5 Å². The number of hydrogen-bond donors (Lipinski definition) is 4. The minimum Gasteiger partial charge on any atom is -0.504 e. The van der Waals surface area contributed by atoms with E-state index in [-0.39, 0.29) is 38.5 Å². The molecular formula is C19H17N3O6S2. The van der Waals surface area contributed by atoms with Crippen molar-refractivity contribution in [3.05, 3.63) is 70.7 Å². The lowest BCUT2D eigenvalue weighted by atomic mass is 10.3. The van der Waals surface area contributed by atoms with Gasteiger partial charge >= 0.3 is 0 Å². The number of phenols is 2. The van der Waals surface area contributed by atoms with Crippen LogP contribution in [0.4, 0.5) is 5.82 Å². The Labute approximate surface area is 176 Å². The second kappa shape index (κ2) is 8.43. The monoisotopic (exact) mass is 447 g/mol. The first-order valence-corrected chi connectivity index (χ1v) is 10.7. The lowest BCUT2D eigenvalue weighted by molar-refractivity contribution is -0.113. The lowest BCUT2D eigenvalue weighted by Crippen LogP contribution is -2.36. The van der Waals surface area contributed by atoms with Crippen molar-refractivity contribution in [2.75, 3.05) is 12.4 Å². The van der Waals surface area contributed by atoms with Gasteiger partial charge in [-0.05, 0) is 35.7 Å². The number of nitrogens with zero attached hydrogens (tertiary/aromatic N) is 2. The number of likely N-dealkylation sites (N-methyl/N-ethyl adjacent to an activating group) is 1. The maximum Gasteiger partial charge on any atom is 0.278 e. The van der Waals surface area contributed by atoms with E-state index in [2.05, 4.69) is 10.3 Å². The van der Waals surface area contributed by atoms with E-state index in [1.165, 1.54) is 31.4 Å². The minimum atomic E-state index is -3.85. The fraction of sp³-hybridized carbons (Fsp3) is 0.0526. The quantitative estimate of drug-likeness (QED) is 0.443. The molecule has 0 radical (unpaired) electrons. The average molecular weight is 447 g/mol. The van der Waals surface area contributed by atoms with Crippen molar-refractivity contribution in [2.45, 2.75) is 4.90 Å². The Morgan fingerprint density at radius 3 is 2.23 bits per heavy atom. The Balaban J connectivity index is 0.000000269. The Hall–Kier alpha value is -3.57. The van der Waals surface area contributed by atoms with Gasteiger partial charge in [0.05, 0.1) is 4.88 Å². The number of aliphatic hydroxyl groups excluding tert-OH is 1. The first kappa shape index (κ1) is 21.1. The van der Waals surface area contributed by atoms with Gasteiger partial charge in [-0.15, -0.1) is 11.3 Å². The molecule has 11 heteroatoms. The van der Waals surface area contributed by atoms with Gasteiger partial charge in [0.25, 0.3) is 15.9 Å². The summed E-state index contributed by atoms with van der Waals surface area (Å²) >= 11 is 1.06. The van der Waals surface area contributed by atoms with E-state index in [0.29, 0.717) is 0 Å². The molecule has 1 aliphatic rings. The number of anilines is 1. The third kappa shape index (κ3) is 4.07. The van der Waals surface area contributed by atoms with E-state index in [1.807, 2.05) is 0 Å². The summed E-state index contributed by atoms with van der Waals surface area (Å²) in [7, 11) is -2.63. The van der Waals surface area contributed by atoms with Crippen LogP contribution < -0.4 is 5.32 Å². The van der Waals surface area contributed by atoms with Crippen LogP contribution in [0.1, 0.15) is 4.88 Å². The molecule has 9 nitrogen and oxygen atoms in total. The second-order valence-electron chi connectivity index (χ2n) is 5.94. The Kier molecular flexibility index (Phi) is 5.94. The van der Waals surface area contributed by atoms with Crippen LogP contribution in [0.15, 0.2) is 70.7 Å². The molecule has 3 aromatic rings. The van der Waals surface area contributed by atoms with Crippen molar-refractivity contribution in [3.63, 3.8) is 0 Å². The predicted octanol–water partition coefficient (Wildman–Crippen LogP) is 2.74. The predicted molar refractivity (Wildman–Crippen MR) is 111 cm³/mol. The number of aromatic nitrogens is 1. The first-order valence-electron chi connectivity index (χ1n) is 8.43. The van der Waals surface area contributed by atoms with Gasteiger partial charge in [-0.25, -0.2) is 13.4 Å². The fourth-order valence-electron chi connectivity index (χ4n) is 2.52. The molecular weight excluding hydrogens is 430 g/mol. The maximum absolute atomic E-state index is 12.4. The van der Waals surface area contributed by atoms with Crippen LogP contribution in [0.25, 0.3) is 5.76 Å². The largest absolute Gasteiger partial charge is 0.504 e. The highest BCUT2D eigenvalue weighted by molar-refractivity contribution is 7.89. The second-order valence-corrected chi connectivity index (χ2v) is 8.80. The molecule has 0 atom stereocenters. The number of para-hydroxylation sites is 2. The molecule has 2 aromatic heterocycles. The number of fused-ring (bicyclic) bond motifs is 1. The van der Waals surface area contributed by atoms with Gasteiger partial charge in [-0.3, -0.25) is 9.10 Å². The van der Waals surface area contributed by atoms with E-state index >= 15 is 0 Å². The number of hydrogen-bond acceptors (Lipinski definition) is 8. The van der Waals surface area contributed by atoms with Crippen molar-refractivity contribution in [3.8, 4) is 11.5 Å². The molecule has 4 rings (SSSR count). The Bertz CT molecular complexity index is 1180. The summed E-state index contributed by atoms with van der Waals surface area (Å²) in [5, 5.41) is 31.6. The molecule has 1 amide bonds. The Morgan fingerprint density at radius 2 is 1.67 bits per heavy atom. The van der Waals surface area contributed by atoms with Gasteiger partial charge in [-0.2, -0.15) is 0 Å². The summed E-state index contributed by atoms with van der Waals surface area (Å²) in [4.78, 5) is 16.4. The van der Waals surface area contributed by atoms with E-state index in [9.17, 15) is 18.3 Å². The number of carbonyl (C=O) groups is 1. The zero-order valence-corrected chi connectivity index (χ0v) is 17.2. The molecule has 0 aliphatic carbocycles. The highest BCUT2D eigenvalue weighted by Crippen LogP contribution is 2.38. The fourth-order valence-corrected chi connectivity index (χ4v) is 5.08. The molecule has 0 saturated carbocycles. The van der Waals surface area contributed by atoms with Crippen molar-refractivity contribution in [1.82, 2.24) is 9.29 Å². The van der Waals surface area contributed by atoms with E-state index in [0.717, 1.165) is 15.6 Å². The van der Waals surface area contributed by atoms with E-state index < -0.39 is 15.9 Å². The number of sulfonamides is 1. The normalized spacial score (nSPS) is 14.4. The third-order valence-corrected chi connectivity index (χ3v) is 6.88. The van der Waals surface area contributed by atoms with Crippen LogP contribution in [-0.4, -0.2) is 46.0 Å². The minimum absolute atomic E-state index is 0.00751. The number of carbonyl (C=O) groups excluding carboxylic acids is 1. The van der Waals surface area contributed by atoms with Crippen LogP contribution in [0.3, 0.4) is 0 Å². The van der Waals surface area contributed by atoms with Gasteiger partial charge in [0.2, 0.25) is 0 Å². The molecule has 0 spiro atoms. The topological polar surface area (TPSA) is 140 Å². The highest BCUT2D eigenvalue weighted by Gasteiger charge is 2.38. The van der Waals surface area contributed by atoms with Crippen molar-refractivity contribution < 1.29 is 28.5 Å². The van der Waals surface area contributed by atoms with Gasteiger partial charge in [-0.1, -0.05) is 18.2 Å². The van der Waals surface area contributed by atoms with Gasteiger partial charge in [0, 0.05) is 13.2 Å². The van der Waals surface area contributed by atoms with Crippen molar-refractivity contribution in [2.24, 2.45) is 0 Å². The lowest BCUT2D eigenvalue weighted by Gasteiger charge is -2.26. The van der Waals surface area contributed by atoms with Gasteiger partial charge in [0.15, 0.2) is 23.0 Å². The van der Waals surface area contributed by atoms with Crippen LogP contribution >= 0.6 is 11.3 Å². The molecule has 156 valence electrons. The standard InChI is InChI=1S/C13H11N3O4S2.C6H6O2/c1-16-10(13(18)15-9-4-2-3-6-14-9)11(17)12-8(5-7-21-12)22(16,19)20;7-5-3-1-2-4-6(5)8/h2-7,17H,1H3,(H,14,15,18);1-4,7-8H. The van der Waals surface area contributed by atoms with Gasteiger partial charge < -0.3 is 20.6 Å². The number of phenolic OH excluding ortho intramolecular Hbond substituents is 2. The maximum atomic E-state index is 12.4. The number of aliphatic hydroxyl groups is 1. The van der Waals surface area contributed by atoms with E-state index in [1.54, 1.807) is 35.7 Å². The summed E-state index contributed by atoms with van der Waals surface area (Å²) in [6.45, 7) is 0. The smallest absolute Gasteiger partial charge is 0.278 e. The molecule has 0 fully saturated rings. The zero-order chi connectivity index (χ0) is 21.9. The summed E-state index contributed by atoms with van der Waals surface area (Å²) < 4.78 is 25.5. The number of amides is 1. The number of aromatic hydroxyl groups is 2. The number of pyridine rings is 1. The summed E-state index contributed by atoms with van der Waals surface area (Å²) in [5.74, 6) is -1.01. The van der Waals surface area contributed by atoms with Crippen LogP contribution in [0, 0.1) is 0 Å². The molecule has 4 N–H and O–H groups in total. The van der Waals surface area contributed by atoms with E-state index in [4.69, 9.17) is 10.2 Å². The average Bonchev–Trinajstić information content (AvgIpc) is 3.22. The van der Waals surface area contributed by atoms with Gasteiger partial charge in [0.1, 0.15) is 10.7 Å². The molecule has 0 bridgehead atoms. The van der Waals surface area contributed by atoms with Crippen LogP contribution in [-0.2, 0) is 14.8 Å². The van der Waals surface area contributed by atoms with Crippen LogP contribution in [0.2, 0.25) is 0 Å². The Morgan fingerprint density at radius 1 is 1.03 bits per heavy atom. The van der Waals surface area contributed by atoms with Crippen molar-refractivity contribution >= 4 is 38.8 Å². The number of rotatable bonds is 2. The SMILES string of the molecule is CN1C(C(=O)Nc2ccccn2)=C(O)c2sccc2S1(=O)=O.Oc1ccccc1O. The molecule has 30 heavy (non-hydrogen) atoms. The molecule has 1 aromatic carbocycles. The highest BCUT2D eigenvalue weighted by atomic mass is 32.2. The molecule has 0 unspecified atom stereocenters. The zero-order valence-electron chi connectivity index (χ0n) is 15.6. The summed E-state index contributed by atoms with van der Waals surface area (Å²) in [6, 6.07) is 12.5. The summed E-state index contributed by atoms with van der Waals surface area (Å²) in [6.07, 6.45) is 1.49. The summed E-state index contributed by atoms with van der Waals surface area (Å²) in [5.41, 5.74) is -0.333. The number of nitrogens with one attached hydrogen (secondary N) is 1. The number of thiophene rings is 1.